The summed E-state index contributed by atoms with van der Waals surface area (Å²) in [4.78, 5) is 11.3. The third kappa shape index (κ3) is 2.14. The number of hydrogen-bond acceptors (Lipinski definition) is 5. The van der Waals surface area contributed by atoms with Crippen LogP contribution in [0.3, 0.4) is 0 Å². The summed E-state index contributed by atoms with van der Waals surface area (Å²) in [6.07, 6.45) is 6.32. The van der Waals surface area contributed by atoms with Gasteiger partial charge in [-0.15, -0.1) is 11.3 Å². The lowest BCUT2D eigenvalue weighted by Gasteiger charge is -2.12. The SMILES string of the molecule is Oc1ccccc1Nc1ncnc2sc3c(c12)CCCC3. The molecule has 0 spiro atoms. The van der Waals surface area contributed by atoms with Gasteiger partial charge in [-0.05, 0) is 43.4 Å². The molecule has 5 heteroatoms. The molecule has 106 valence electrons. The number of aromatic nitrogens is 2. The number of thiophene rings is 1. The van der Waals surface area contributed by atoms with Gasteiger partial charge < -0.3 is 10.4 Å². The largest absolute Gasteiger partial charge is 0.506 e. The zero-order valence-corrected chi connectivity index (χ0v) is 12.3. The highest BCUT2D eigenvalue weighted by molar-refractivity contribution is 7.19. The van der Waals surface area contributed by atoms with E-state index in [9.17, 15) is 5.11 Å². The first-order valence-electron chi connectivity index (χ1n) is 7.13. The summed E-state index contributed by atoms with van der Waals surface area (Å²) in [5, 5.41) is 14.3. The van der Waals surface area contributed by atoms with Crippen LogP contribution in [0.5, 0.6) is 5.75 Å². The van der Waals surface area contributed by atoms with Gasteiger partial charge in [0.2, 0.25) is 0 Å². The summed E-state index contributed by atoms with van der Waals surface area (Å²) in [5.74, 6) is 1.02. The van der Waals surface area contributed by atoms with Gasteiger partial charge in [0.25, 0.3) is 0 Å². The molecule has 1 aliphatic carbocycles. The zero-order valence-electron chi connectivity index (χ0n) is 11.5. The summed E-state index contributed by atoms with van der Waals surface area (Å²) in [7, 11) is 0. The average Bonchev–Trinajstić information content (AvgIpc) is 2.89. The fourth-order valence-electron chi connectivity index (χ4n) is 2.89. The molecule has 0 aliphatic heterocycles. The van der Waals surface area contributed by atoms with Gasteiger partial charge in [-0.1, -0.05) is 12.1 Å². The number of phenols is 1. The van der Waals surface area contributed by atoms with E-state index in [1.165, 1.54) is 23.3 Å². The number of nitrogens with one attached hydrogen (secondary N) is 1. The van der Waals surface area contributed by atoms with Crippen molar-refractivity contribution in [2.45, 2.75) is 25.7 Å². The smallest absolute Gasteiger partial charge is 0.142 e. The minimum absolute atomic E-state index is 0.230. The minimum atomic E-state index is 0.230. The lowest BCUT2D eigenvalue weighted by molar-refractivity contribution is 0.478. The Balaban J connectivity index is 1.85. The first-order valence-corrected chi connectivity index (χ1v) is 7.95. The van der Waals surface area contributed by atoms with Gasteiger partial charge in [0.1, 0.15) is 22.7 Å². The molecule has 21 heavy (non-hydrogen) atoms. The van der Waals surface area contributed by atoms with Crippen LogP contribution in [0.1, 0.15) is 23.3 Å². The van der Waals surface area contributed by atoms with E-state index in [1.54, 1.807) is 23.7 Å². The summed E-state index contributed by atoms with van der Waals surface area (Å²) in [5.41, 5.74) is 2.06. The highest BCUT2D eigenvalue weighted by Gasteiger charge is 2.20. The van der Waals surface area contributed by atoms with E-state index >= 15 is 0 Å². The average molecular weight is 297 g/mol. The quantitative estimate of drug-likeness (QED) is 0.701. The number of phenolic OH excluding ortho intramolecular Hbond substituents is 1. The molecular formula is C16H15N3OS. The van der Waals surface area contributed by atoms with Gasteiger partial charge >= 0.3 is 0 Å². The first kappa shape index (κ1) is 12.6. The molecule has 0 atom stereocenters. The summed E-state index contributed by atoms with van der Waals surface area (Å²) in [6, 6.07) is 7.22. The van der Waals surface area contributed by atoms with E-state index in [4.69, 9.17) is 0 Å². The van der Waals surface area contributed by atoms with Crippen LogP contribution in [-0.4, -0.2) is 15.1 Å². The number of para-hydroxylation sites is 2. The molecule has 0 radical (unpaired) electrons. The van der Waals surface area contributed by atoms with Crippen molar-refractivity contribution in [1.82, 2.24) is 9.97 Å². The molecular weight excluding hydrogens is 282 g/mol. The Labute approximate surface area is 126 Å². The Morgan fingerprint density at radius 1 is 1.10 bits per heavy atom. The van der Waals surface area contributed by atoms with Crippen molar-refractivity contribution in [3.63, 3.8) is 0 Å². The van der Waals surface area contributed by atoms with Gasteiger partial charge in [0.15, 0.2) is 0 Å². The van der Waals surface area contributed by atoms with Crippen LogP contribution in [0.25, 0.3) is 10.2 Å². The van der Waals surface area contributed by atoms with E-state index in [1.807, 2.05) is 18.2 Å². The lowest BCUT2D eigenvalue weighted by atomic mass is 9.97. The summed E-state index contributed by atoms with van der Waals surface area (Å²) >= 11 is 1.78. The molecule has 0 saturated carbocycles. The van der Waals surface area contributed by atoms with Gasteiger partial charge in [0, 0.05) is 4.88 Å². The highest BCUT2D eigenvalue weighted by Crippen LogP contribution is 2.39. The van der Waals surface area contributed by atoms with Crippen LogP contribution in [0.2, 0.25) is 0 Å². The van der Waals surface area contributed by atoms with Crippen molar-refractivity contribution >= 4 is 33.1 Å². The Morgan fingerprint density at radius 2 is 1.95 bits per heavy atom. The van der Waals surface area contributed by atoms with Crippen molar-refractivity contribution in [2.75, 3.05) is 5.32 Å². The topological polar surface area (TPSA) is 58.0 Å². The molecule has 0 fully saturated rings. The fraction of sp³-hybridized carbons (Fsp3) is 0.250. The first-order chi connectivity index (χ1) is 10.3. The second kappa shape index (κ2) is 5.00. The van der Waals surface area contributed by atoms with Crippen molar-refractivity contribution in [3.05, 3.63) is 41.0 Å². The molecule has 0 unspecified atom stereocenters. The van der Waals surface area contributed by atoms with Gasteiger partial charge in [-0.25, -0.2) is 9.97 Å². The molecule has 2 N–H and O–H groups in total. The number of benzene rings is 1. The minimum Gasteiger partial charge on any atom is -0.506 e. The number of nitrogens with zero attached hydrogens (tertiary/aromatic N) is 2. The summed E-state index contributed by atoms with van der Waals surface area (Å²) in [6.45, 7) is 0. The number of fused-ring (bicyclic) bond motifs is 3. The Hall–Kier alpha value is -2.14. The predicted molar refractivity (Wildman–Crippen MR) is 85.4 cm³/mol. The van der Waals surface area contributed by atoms with Crippen molar-refractivity contribution in [1.29, 1.82) is 0 Å². The fourth-order valence-corrected chi connectivity index (χ4v) is 4.12. The number of anilines is 2. The highest BCUT2D eigenvalue weighted by atomic mass is 32.1. The molecule has 0 saturated heterocycles. The zero-order chi connectivity index (χ0) is 14.2. The second-order valence-electron chi connectivity index (χ2n) is 5.26. The van der Waals surface area contributed by atoms with Crippen LogP contribution in [0.15, 0.2) is 30.6 Å². The van der Waals surface area contributed by atoms with Crippen LogP contribution in [0, 0.1) is 0 Å². The number of rotatable bonds is 2. The third-order valence-electron chi connectivity index (χ3n) is 3.91. The van der Waals surface area contributed by atoms with Crippen molar-refractivity contribution in [2.24, 2.45) is 0 Å². The van der Waals surface area contributed by atoms with E-state index in [2.05, 4.69) is 15.3 Å². The van der Waals surface area contributed by atoms with Crippen LogP contribution in [0.4, 0.5) is 11.5 Å². The van der Waals surface area contributed by atoms with Crippen molar-refractivity contribution < 1.29 is 5.11 Å². The molecule has 3 aromatic rings. The van der Waals surface area contributed by atoms with Gasteiger partial charge in [-0.3, -0.25) is 0 Å². The maximum Gasteiger partial charge on any atom is 0.142 e. The molecule has 0 amide bonds. The van der Waals surface area contributed by atoms with E-state index in [-0.39, 0.29) is 5.75 Å². The van der Waals surface area contributed by atoms with E-state index in [0.717, 1.165) is 28.9 Å². The molecule has 0 bridgehead atoms. The Kier molecular flexibility index (Phi) is 3.00. The van der Waals surface area contributed by atoms with Crippen LogP contribution < -0.4 is 5.32 Å². The molecule has 1 aliphatic rings. The lowest BCUT2D eigenvalue weighted by Crippen LogP contribution is -2.01. The number of aryl methyl sites for hydroxylation is 2. The normalized spacial score (nSPS) is 14.1. The maximum absolute atomic E-state index is 9.93. The standard InChI is InChI=1S/C16H15N3OS/c20-12-7-3-2-6-11(12)19-15-14-10-5-1-4-8-13(10)21-16(14)18-9-17-15/h2-3,6-7,9,20H,1,4-5,8H2,(H,17,18,19). The van der Waals surface area contributed by atoms with Crippen LogP contribution in [-0.2, 0) is 12.8 Å². The second-order valence-corrected chi connectivity index (χ2v) is 6.34. The third-order valence-corrected chi connectivity index (χ3v) is 5.11. The predicted octanol–water partition coefficient (Wildman–Crippen LogP) is 4.02. The number of hydrogen-bond donors (Lipinski definition) is 2. The molecule has 4 rings (SSSR count). The molecule has 4 nitrogen and oxygen atoms in total. The molecule has 2 aromatic heterocycles. The Bertz CT molecular complexity index is 812. The van der Waals surface area contributed by atoms with E-state index < -0.39 is 0 Å². The number of aromatic hydroxyl groups is 1. The van der Waals surface area contributed by atoms with Gasteiger partial charge in [-0.2, -0.15) is 0 Å². The van der Waals surface area contributed by atoms with Gasteiger partial charge in [0.05, 0.1) is 11.1 Å². The monoisotopic (exact) mass is 297 g/mol. The van der Waals surface area contributed by atoms with Crippen molar-refractivity contribution in [3.8, 4) is 5.75 Å². The molecule has 2 heterocycles. The molecule has 1 aromatic carbocycles. The van der Waals surface area contributed by atoms with E-state index in [0.29, 0.717) is 5.69 Å². The maximum atomic E-state index is 9.93. The van der Waals surface area contributed by atoms with Crippen LogP contribution >= 0.6 is 11.3 Å². The Morgan fingerprint density at radius 3 is 2.86 bits per heavy atom. The summed E-state index contributed by atoms with van der Waals surface area (Å²) < 4.78 is 0.